The predicted octanol–water partition coefficient (Wildman–Crippen LogP) is 4.81. The van der Waals surface area contributed by atoms with E-state index in [1.165, 1.54) is 5.56 Å². The minimum atomic E-state index is 0.624. The maximum Gasteiger partial charge on any atom is 0.133 e. The van der Waals surface area contributed by atoms with Crippen molar-refractivity contribution in [1.82, 2.24) is 19.9 Å². The lowest BCUT2D eigenvalue weighted by Crippen LogP contribution is -2.09. The van der Waals surface area contributed by atoms with Crippen LogP contribution in [-0.4, -0.2) is 19.9 Å². The number of hydrogen-bond acceptors (Lipinski definition) is 6. The molecule has 0 saturated heterocycles. The maximum absolute atomic E-state index is 4.74. The molecule has 1 N–H and O–H groups in total. The second-order valence-corrected chi connectivity index (χ2v) is 7.44. The van der Waals surface area contributed by atoms with Crippen molar-refractivity contribution in [3.05, 3.63) is 88.6 Å². The molecule has 0 aliphatic carbocycles. The minimum Gasteiger partial charge on any atom is -0.364 e. The van der Waals surface area contributed by atoms with E-state index in [1.807, 2.05) is 32.0 Å². The minimum absolute atomic E-state index is 0.624. The molecule has 140 valence electrons. The highest BCUT2D eigenvalue weighted by Crippen LogP contribution is 2.24. The molecule has 3 heterocycles. The van der Waals surface area contributed by atoms with Crippen molar-refractivity contribution in [2.75, 3.05) is 5.32 Å². The monoisotopic (exact) mass is 387 g/mol. The molecule has 0 aliphatic rings. The number of hydrogen-bond donors (Lipinski definition) is 1. The summed E-state index contributed by atoms with van der Waals surface area (Å²) < 4.78 is 0. The van der Waals surface area contributed by atoms with Crippen molar-refractivity contribution in [3.63, 3.8) is 0 Å². The Bertz CT molecular complexity index is 1060. The molecule has 28 heavy (non-hydrogen) atoms. The first kappa shape index (κ1) is 18.3. The van der Waals surface area contributed by atoms with Gasteiger partial charge in [0.2, 0.25) is 0 Å². The first-order chi connectivity index (χ1) is 13.7. The third kappa shape index (κ3) is 4.23. The molecule has 0 bridgehead atoms. The van der Waals surface area contributed by atoms with Crippen LogP contribution in [0.25, 0.3) is 10.6 Å². The van der Waals surface area contributed by atoms with Crippen molar-refractivity contribution in [1.29, 1.82) is 0 Å². The number of aromatic nitrogens is 4. The average molecular weight is 388 g/mol. The fourth-order valence-corrected chi connectivity index (χ4v) is 3.91. The average Bonchev–Trinajstić information content (AvgIpc) is 3.19. The van der Waals surface area contributed by atoms with Crippen LogP contribution in [0.5, 0.6) is 0 Å². The molecule has 0 saturated carbocycles. The second kappa shape index (κ2) is 8.27. The number of anilines is 1. The van der Waals surface area contributed by atoms with Gasteiger partial charge in [0.05, 0.1) is 12.2 Å². The molecule has 5 nitrogen and oxygen atoms in total. The summed E-state index contributed by atoms with van der Waals surface area (Å²) in [4.78, 5) is 18.0. The fraction of sp³-hybridized carbons (Fsp3) is 0.182. The molecule has 0 atom stereocenters. The number of nitrogens with zero attached hydrogens (tertiary/aromatic N) is 4. The van der Waals surface area contributed by atoms with E-state index in [4.69, 9.17) is 4.98 Å². The Kier molecular flexibility index (Phi) is 5.39. The largest absolute Gasteiger partial charge is 0.364 e. The SMILES string of the molecule is Cc1nc(C)c(Cc2ccccc2)c(NCc2csc(-c3ccncc3)n2)n1. The molecule has 0 amide bonds. The van der Waals surface area contributed by atoms with Crippen LogP contribution in [0.1, 0.15) is 28.3 Å². The van der Waals surface area contributed by atoms with Crippen molar-refractivity contribution < 1.29 is 0 Å². The number of aryl methyl sites for hydroxylation is 2. The highest BCUT2D eigenvalue weighted by atomic mass is 32.1. The van der Waals surface area contributed by atoms with E-state index in [0.717, 1.165) is 45.6 Å². The first-order valence-electron chi connectivity index (χ1n) is 9.16. The Labute approximate surface area is 168 Å². The van der Waals surface area contributed by atoms with Crippen LogP contribution >= 0.6 is 11.3 Å². The molecule has 1 aromatic carbocycles. The number of rotatable bonds is 6. The van der Waals surface area contributed by atoms with Gasteiger partial charge in [-0.2, -0.15) is 0 Å². The number of benzene rings is 1. The van der Waals surface area contributed by atoms with Gasteiger partial charge in [-0.05, 0) is 31.5 Å². The Hall–Kier alpha value is -3.12. The lowest BCUT2D eigenvalue weighted by molar-refractivity contribution is 0.940. The lowest BCUT2D eigenvalue weighted by Gasteiger charge is -2.14. The van der Waals surface area contributed by atoms with Gasteiger partial charge in [-0.25, -0.2) is 15.0 Å². The van der Waals surface area contributed by atoms with E-state index in [9.17, 15) is 0 Å². The third-order valence-electron chi connectivity index (χ3n) is 4.47. The number of thiazole rings is 1. The lowest BCUT2D eigenvalue weighted by atomic mass is 10.0. The Morgan fingerprint density at radius 1 is 0.929 bits per heavy atom. The Balaban J connectivity index is 1.54. The van der Waals surface area contributed by atoms with Crippen LogP contribution in [0.2, 0.25) is 0 Å². The second-order valence-electron chi connectivity index (χ2n) is 6.58. The molecule has 0 aliphatic heterocycles. The van der Waals surface area contributed by atoms with Crippen LogP contribution in [0, 0.1) is 13.8 Å². The van der Waals surface area contributed by atoms with Gasteiger partial charge in [-0.3, -0.25) is 4.98 Å². The maximum atomic E-state index is 4.74. The van der Waals surface area contributed by atoms with Crippen LogP contribution < -0.4 is 5.32 Å². The van der Waals surface area contributed by atoms with Gasteiger partial charge in [0.15, 0.2) is 0 Å². The molecular formula is C22H21N5S. The summed E-state index contributed by atoms with van der Waals surface area (Å²) in [5.74, 6) is 1.65. The number of nitrogens with one attached hydrogen (secondary N) is 1. The molecule has 0 spiro atoms. The summed E-state index contributed by atoms with van der Waals surface area (Å²) in [7, 11) is 0. The predicted molar refractivity (Wildman–Crippen MR) is 113 cm³/mol. The van der Waals surface area contributed by atoms with Crippen LogP contribution in [0.15, 0.2) is 60.2 Å². The summed E-state index contributed by atoms with van der Waals surface area (Å²) in [6, 6.07) is 14.4. The van der Waals surface area contributed by atoms with E-state index in [-0.39, 0.29) is 0 Å². The normalized spacial score (nSPS) is 10.8. The van der Waals surface area contributed by atoms with E-state index < -0.39 is 0 Å². The van der Waals surface area contributed by atoms with Crippen molar-refractivity contribution >= 4 is 17.2 Å². The molecular weight excluding hydrogens is 366 g/mol. The smallest absolute Gasteiger partial charge is 0.133 e. The zero-order valence-corrected chi connectivity index (χ0v) is 16.7. The molecule has 4 rings (SSSR count). The molecule has 4 aromatic rings. The fourth-order valence-electron chi connectivity index (χ4n) is 3.08. The van der Waals surface area contributed by atoms with Crippen molar-refractivity contribution in [2.45, 2.75) is 26.8 Å². The van der Waals surface area contributed by atoms with Gasteiger partial charge in [0.25, 0.3) is 0 Å². The van der Waals surface area contributed by atoms with Gasteiger partial charge in [0, 0.05) is 41.0 Å². The summed E-state index contributed by atoms with van der Waals surface area (Å²) in [6.07, 6.45) is 4.38. The highest BCUT2D eigenvalue weighted by Gasteiger charge is 2.12. The van der Waals surface area contributed by atoms with Crippen molar-refractivity contribution in [2.24, 2.45) is 0 Å². The standard InChI is InChI=1S/C22H21N5S/c1-15-20(12-17-6-4-3-5-7-17)21(26-16(2)25-15)24-13-19-14-28-22(27-19)18-8-10-23-11-9-18/h3-11,14H,12-13H2,1-2H3,(H,24,25,26). The zero-order chi connectivity index (χ0) is 19.3. The van der Waals surface area contributed by atoms with Crippen LogP contribution in [0.3, 0.4) is 0 Å². The Morgan fingerprint density at radius 2 is 1.71 bits per heavy atom. The summed E-state index contributed by atoms with van der Waals surface area (Å²) >= 11 is 1.64. The van der Waals surface area contributed by atoms with Crippen LogP contribution in [0.4, 0.5) is 5.82 Å². The summed E-state index contributed by atoms with van der Waals surface area (Å²) in [6.45, 7) is 4.59. The van der Waals surface area contributed by atoms with E-state index in [1.54, 1.807) is 23.7 Å². The van der Waals surface area contributed by atoms with E-state index >= 15 is 0 Å². The van der Waals surface area contributed by atoms with Gasteiger partial charge in [0.1, 0.15) is 16.6 Å². The first-order valence-corrected chi connectivity index (χ1v) is 10.0. The topological polar surface area (TPSA) is 63.6 Å². The third-order valence-corrected chi connectivity index (χ3v) is 5.41. The number of pyridine rings is 1. The zero-order valence-electron chi connectivity index (χ0n) is 15.9. The molecule has 3 aromatic heterocycles. The van der Waals surface area contributed by atoms with Crippen LogP contribution in [-0.2, 0) is 13.0 Å². The summed E-state index contributed by atoms with van der Waals surface area (Å²) in [5.41, 5.74) is 5.46. The molecule has 6 heteroatoms. The summed E-state index contributed by atoms with van der Waals surface area (Å²) in [5, 5.41) is 6.56. The highest BCUT2D eigenvalue weighted by molar-refractivity contribution is 7.13. The molecule has 0 radical (unpaired) electrons. The van der Waals surface area contributed by atoms with E-state index in [2.05, 4.69) is 49.9 Å². The van der Waals surface area contributed by atoms with Gasteiger partial charge in [-0.15, -0.1) is 11.3 Å². The molecule has 0 unspecified atom stereocenters. The van der Waals surface area contributed by atoms with Gasteiger partial charge >= 0.3 is 0 Å². The van der Waals surface area contributed by atoms with Crippen molar-refractivity contribution in [3.8, 4) is 10.6 Å². The Morgan fingerprint density at radius 3 is 2.50 bits per heavy atom. The van der Waals surface area contributed by atoms with E-state index in [0.29, 0.717) is 6.54 Å². The quantitative estimate of drug-likeness (QED) is 0.514. The van der Waals surface area contributed by atoms with Gasteiger partial charge in [-0.1, -0.05) is 30.3 Å². The van der Waals surface area contributed by atoms with Gasteiger partial charge < -0.3 is 5.32 Å². The molecule has 0 fully saturated rings.